The number of rotatable bonds is 2. The van der Waals surface area contributed by atoms with Crippen LogP contribution in [-0.4, -0.2) is 22.6 Å². The normalized spacial score (nSPS) is 24.8. The molecule has 1 unspecified atom stereocenters. The van der Waals surface area contributed by atoms with Gasteiger partial charge in [-0.3, -0.25) is 5.01 Å². The summed E-state index contributed by atoms with van der Waals surface area (Å²) in [6.45, 7) is 0.686. The van der Waals surface area contributed by atoms with Gasteiger partial charge in [0.1, 0.15) is 6.04 Å². The molecule has 0 aliphatic carbocycles. The molecule has 1 saturated heterocycles. The van der Waals surface area contributed by atoms with Crippen molar-refractivity contribution < 1.29 is 0 Å². The molecule has 2 N–H and O–H groups in total. The van der Waals surface area contributed by atoms with E-state index in [1.165, 1.54) is 5.01 Å². The van der Waals surface area contributed by atoms with Crippen LogP contribution in [0.1, 0.15) is 12.8 Å². The van der Waals surface area contributed by atoms with Gasteiger partial charge < -0.3 is 5.73 Å². The molecule has 0 aromatic heterocycles. The van der Waals surface area contributed by atoms with Gasteiger partial charge in [0.25, 0.3) is 0 Å². The van der Waals surface area contributed by atoms with Crippen LogP contribution in [0.15, 0.2) is 5.29 Å². The molecule has 0 bridgehead atoms. The largest absolute Gasteiger partial charge is 0.392 e. The Morgan fingerprint density at radius 3 is 2.90 bits per heavy atom. The lowest BCUT2D eigenvalue weighted by atomic mass is 10.2. The zero-order chi connectivity index (χ0) is 7.56. The smallest absolute Gasteiger partial charge is 0.100 e. The summed E-state index contributed by atoms with van der Waals surface area (Å²) in [4.78, 5) is 10.5. The van der Waals surface area contributed by atoms with Crippen molar-refractivity contribution in [3.63, 3.8) is 0 Å². The van der Waals surface area contributed by atoms with Crippen LogP contribution in [0.5, 0.6) is 0 Å². The average Bonchev–Trinajstić information content (AvgIpc) is 2.33. The molecule has 1 rings (SSSR count). The molecule has 1 aliphatic rings. The summed E-state index contributed by atoms with van der Waals surface area (Å²) in [6.07, 6.45) is 1.81. The third-order valence-electron chi connectivity index (χ3n) is 1.66. The Morgan fingerprint density at radius 2 is 2.50 bits per heavy atom. The third kappa shape index (κ3) is 1.23. The highest BCUT2D eigenvalue weighted by Crippen LogP contribution is 2.16. The number of nitroso groups, excluding NO2 is 1. The number of nitrogens with zero attached hydrogens (tertiary/aromatic N) is 2. The van der Waals surface area contributed by atoms with E-state index in [2.05, 4.69) is 5.29 Å². The van der Waals surface area contributed by atoms with Gasteiger partial charge in [-0.1, -0.05) is 12.2 Å². The topological polar surface area (TPSA) is 58.7 Å². The zero-order valence-electron chi connectivity index (χ0n) is 5.49. The number of hydrogen-bond donors (Lipinski definition) is 1. The second-order valence-corrected chi connectivity index (χ2v) is 2.78. The maximum absolute atomic E-state index is 10.1. The Labute approximate surface area is 64.3 Å². The van der Waals surface area contributed by atoms with E-state index in [1.54, 1.807) is 0 Å². The summed E-state index contributed by atoms with van der Waals surface area (Å²) >= 11 is 4.74. The zero-order valence-corrected chi connectivity index (χ0v) is 6.30. The van der Waals surface area contributed by atoms with E-state index in [0.717, 1.165) is 12.8 Å². The predicted octanol–water partition coefficient (Wildman–Crippen LogP) is 0.418. The van der Waals surface area contributed by atoms with E-state index in [9.17, 15) is 4.91 Å². The van der Waals surface area contributed by atoms with Crippen molar-refractivity contribution in [2.24, 2.45) is 11.0 Å². The first kappa shape index (κ1) is 7.40. The lowest BCUT2D eigenvalue weighted by Crippen LogP contribution is -2.35. The monoisotopic (exact) mass is 159 g/mol. The summed E-state index contributed by atoms with van der Waals surface area (Å²) in [5, 5.41) is 4.21. The molecule has 0 saturated carbocycles. The maximum Gasteiger partial charge on any atom is 0.100 e. The minimum absolute atomic E-state index is 0.0903. The summed E-state index contributed by atoms with van der Waals surface area (Å²) in [5.74, 6) is 0. The molecule has 0 aromatic carbocycles. The lowest BCUT2D eigenvalue weighted by Gasteiger charge is -2.15. The molecular weight excluding hydrogens is 150 g/mol. The minimum Gasteiger partial charge on any atom is -0.392 e. The summed E-state index contributed by atoms with van der Waals surface area (Å²) in [5.41, 5.74) is 5.35. The lowest BCUT2D eigenvalue weighted by molar-refractivity contribution is 0.316. The first-order chi connectivity index (χ1) is 4.75. The number of nitrogens with two attached hydrogens (primary N) is 1. The molecule has 0 radical (unpaired) electrons. The highest BCUT2D eigenvalue weighted by molar-refractivity contribution is 7.80. The van der Waals surface area contributed by atoms with Crippen LogP contribution < -0.4 is 5.73 Å². The molecule has 1 heterocycles. The van der Waals surface area contributed by atoms with Crippen molar-refractivity contribution in [3.8, 4) is 0 Å². The van der Waals surface area contributed by atoms with Crippen LogP contribution >= 0.6 is 12.2 Å². The van der Waals surface area contributed by atoms with Gasteiger partial charge in [0.05, 0.1) is 10.3 Å². The van der Waals surface area contributed by atoms with E-state index in [4.69, 9.17) is 18.0 Å². The van der Waals surface area contributed by atoms with Gasteiger partial charge in [-0.15, -0.1) is 4.91 Å². The van der Waals surface area contributed by atoms with Crippen LogP contribution in [-0.2, 0) is 0 Å². The minimum atomic E-state index is -0.0903. The quantitative estimate of drug-likeness (QED) is 0.468. The fraction of sp³-hybridized carbons (Fsp3) is 0.800. The Morgan fingerprint density at radius 1 is 1.80 bits per heavy atom. The Balaban J connectivity index is 2.58. The Hall–Kier alpha value is -0.710. The molecule has 56 valence electrons. The molecule has 10 heavy (non-hydrogen) atoms. The average molecular weight is 159 g/mol. The SMILES string of the molecule is NC(=S)C1CCCN1N=O. The maximum atomic E-state index is 10.1. The van der Waals surface area contributed by atoms with Gasteiger partial charge >= 0.3 is 0 Å². The molecule has 1 fully saturated rings. The standard InChI is InChI=1S/C5H9N3OS/c6-5(10)4-2-1-3-8(4)7-9/h4H,1-3H2,(H2,6,10). The van der Waals surface area contributed by atoms with Gasteiger partial charge in [0.2, 0.25) is 0 Å². The summed E-state index contributed by atoms with van der Waals surface area (Å²) in [6, 6.07) is -0.0903. The third-order valence-corrected chi connectivity index (χ3v) is 1.93. The van der Waals surface area contributed by atoms with Crippen LogP contribution in [0.25, 0.3) is 0 Å². The second-order valence-electron chi connectivity index (χ2n) is 2.31. The molecule has 1 aliphatic heterocycles. The number of hydrogen-bond acceptors (Lipinski definition) is 3. The van der Waals surface area contributed by atoms with E-state index in [-0.39, 0.29) is 6.04 Å². The summed E-state index contributed by atoms with van der Waals surface area (Å²) < 4.78 is 0. The molecule has 5 heteroatoms. The van der Waals surface area contributed by atoms with Gasteiger partial charge in [0.15, 0.2) is 0 Å². The van der Waals surface area contributed by atoms with Crippen LogP contribution in [0, 0.1) is 4.91 Å². The van der Waals surface area contributed by atoms with Crippen molar-refractivity contribution in [1.29, 1.82) is 0 Å². The molecule has 1 atom stereocenters. The molecule has 0 aromatic rings. The Kier molecular flexibility index (Phi) is 2.16. The van der Waals surface area contributed by atoms with Gasteiger partial charge in [0, 0.05) is 6.54 Å². The van der Waals surface area contributed by atoms with E-state index < -0.39 is 0 Å². The van der Waals surface area contributed by atoms with Crippen LogP contribution in [0.4, 0.5) is 0 Å². The highest BCUT2D eigenvalue weighted by Gasteiger charge is 2.26. The van der Waals surface area contributed by atoms with E-state index in [0.29, 0.717) is 11.5 Å². The fourth-order valence-electron chi connectivity index (χ4n) is 1.14. The van der Waals surface area contributed by atoms with Crippen LogP contribution in [0.3, 0.4) is 0 Å². The summed E-state index contributed by atoms with van der Waals surface area (Å²) in [7, 11) is 0. The van der Waals surface area contributed by atoms with Crippen molar-refractivity contribution in [3.05, 3.63) is 4.91 Å². The van der Waals surface area contributed by atoms with E-state index in [1.807, 2.05) is 0 Å². The molecule has 0 spiro atoms. The van der Waals surface area contributed by atoms with Crippen molar-refractivity contribution in [2.75, 3.05) is 6.54 Å². The van der Waals surface area contributed by atoms with Gasteiger partial charge in [-0.25, -0.2) is 0 Å². The fourth-order valence-corrected chi connectivity index (χ4v) is 1.38. The predicted molar refractivity (Wildman–Crippen MR) is 42.3 cm³/mol. The van der Waals surface area contributed by atoms with Crippen LogP contribution in [0.2, 0.25) is 0 Å². The first-order valence-corrected chi connectivity index (χ1v) is 3.55. The highest BCUT2D eigenvalue weighted by atomic mass is 32.1. The molecule has 0 amide bonds. The van der Waals surface area contributed by atoms with Crippen molar-refractivity contribution in [1.82, 2.24) is 5.01 Å². The van der Waals surface area contributed by atoms with Gasteiger partial charge in [-0.2, -0.15) is 0 Å². The first-order valence-electron chi connectivity index (χ1n) is 3.15. The second kappa shape index (κ2) is 2.92. The van der Waals surface area contributed by atoms with Crippen molar-refractivity contribution in [2.45, 2.75) is 18.9 Å². The van der Waals surface area contributed by atoms with E-state index >= 15 is 0 Å². The van der Waals surface area contributed by atoms with Crippen molar-refractivity contribution >= 4 is 17.2 Å². The molecule has 4 nitrogen and oxygen atoms in total. The Bertz CT molecular complexity index is 161. The van der Waals surface area contributed by atoms with Gasteiger partial charge in [-0.05, 0) is 12.8 Å². The molecular formula is C5H9N3OS. The number of thiocarbonyl (C=S) groups is 1.